The highest BCUT2D eigenvalue weighted by Gasteiger charge is 2.21. The highest BCUT2D eigenvalue weighted by molar-refractivity contribution is 5.91. The van der Waals surface area contributed by atoms with E-state index in [1.54, 1.807) is 0 Å². The lowest BCUT2D eigenvalue weighted by molar-refractivity contribution is -0.127. The molecule has 0 fully saturated rings. The zero-order valence-electron chi connectivity index (χ0n) is 11.6. The van der Waals surface area contributed by atoms with Crippen LogP contribution in [0.5, 0.6) is 5.75 Å². The lowest BCUT2D eigenvalue weighted by Crippen LogP contribution is -2.38. The number of halogens is 1. The van der Waals surface area contributed by atoms with Gasteiger partial charge in [-0.3, -0.25) is 4.79 Å². The Morgan fingerprint density at radius 3 is 2.55 bits per heavy atom. The average molecular weight is 283 g/mol. The van der Waals surface area contributed by atoms with E-state index in [0.717, 1.165) is 6.07 Å². The van der Waals surface area contributed by atoms with Crippen LogP contribution in [0.1, 0.15) is 31.1 Å². The van der Waals surface area contributed by atoms with Crippen molar-refractivity contribution in [2.75, 3.05) is 6.54 Å². The van der Waals surface area contributed by atoms with Crippen LogP contribution in [0.15, 0.2) is 18.2 Å². The van der Waals surface area contributed by atoms with E-state index in [-0.39, 0.29) is 11.5 Å². The van der Waals surface area contributed by atoms with Gasteiger partial charge in [0.05, 0.1) is 0 Å². The minimum absolute atomic E-state index is 0.272. The summed E-state index contributed by atoms with van der Waals surface area (Å²) in [4.78, 5) is 22.7. The number of carbonyl (C=O) groups excluding carboxylic acids is 1. The number of carbonyl (C=O) groups is 2. The van der Waals surface area contributed by atoms with Crippen molar-refractivity contribution in [3.8, 4) is 5.75 Å². The summed E-state index contributed by atoms with van der Waals surface area (Å²) in [7, 11) is 0. The number of aromatic carboxylic acids is 1. The maximum Gasteiger partial charge on any atom is 0.339 e. The molecule has 0 spiro atoms. The summed E-state index contributed by atoms with van der Waals surface area (Å²) in [6.07, 6.45) is -0.983. The summed E-state index contributed by atoms with van der Waals surface area (Å²) < 4.78 is 18.8. The Kier molecular flexibility index (Phi) is 5.49. The van der Waals surface area contributed by atoms with Crippen LogP contribution in [-0.2, 0) is 4.79 Å². The van der Waals surface area contributed by atoms with Crippen LogP contribution in [-0.4, -0.2) is 29.6 Å². The number of rotatable bonds is 6. The van der Waals surface area contributed by atoms with E-state index >= 15 is 0 Å². The number of ether oxygens (including phenoxy) is 1. The van der Waals surface area contributed by atoms with Crippen LogP contribution in [0, 0.1) is 11.7 Å². The molecular weight excluding hydrogens is 265 g/mol. The summed E-state index contributed by atoms with van der Waals surface area (Å²) in [5.41, 5.74) is -0.312. The first-order valence-corrected chi connectivity index (χ1v) is 6.29. The summed E-state index contributed by atoms with van der Waals surface area (Å²) in [6, 6.07) is 3.58. The van der Waals surface area contributed by atoms with Crippen LogP contribution in [0.25, 0.3) is 0 Å². The Morgan fingerprint density at radius 2 is 2.00 bits per heavy atom. The van der Waals surface area contributed by atoms with Crippen molar-refractivity contribution in [2.24, 2.45) is 5.92 Å². The molecule has 1 amide bonds. The van der Waals surface area contributed by atoms with E-state index in [1.165, 1.54) is 19.1 Å². The molecule has 1 unspecified atom stereocenters. The van der Waals surface area contributed by atoms with E-state index in [9.17, 15) is 14.0 Å². The molecule has 1 rings (SSSR count). The second kappa shape index (κ2) is 6.88. The monoisotopic (exact) mass is 283 g/mol. The van der Waals surface area contributed by atoms with Crippen LogP contribution in [0.2, 0.25) is 0 Å². The molecule has 1 aromatic rings. The molecule has 0 aliphatic rings. The molecule has 1 aromatic carbocycles. The fraction of sp³-hybridized carbons (Fsp3) is 0.429. The van der Waals surface area contributed by atoms with Crippen molar-refractivity contribution in [3.05, 3.63) is 29.6 Å². The Hall–Kier alpha value is -2.11. The SMILES string of the molecule is CC(C)CNC(=O)C(C)Oc1c(F)cccc1C(=O)O. The van der Waals surface area contributed by atoms with Gasteiger partial charge in [0.2, 0.25) is 0 Å². The maximum atomic E-state index is 13.6. The largest absolute Gasteiger partial charge is 0.478 e. The first kappa shape index (κ1) is 15.9. The minimum Gasteiger partial charge on any atom is -0.478 e. The molecule has 0 aromatic heterocycles. The van der Waals surface area contributed by atoms with Gasteiger partial charge in [-0.05, 0) is 25.0 Å². The molecule has 1 atom stereocenters. The van der Waals surface area contributed by atoms with E-state index < -0.39 is 29.5 Å². The molecule has 0 bridgehead atoms. The van der Waals surface area contributed by atoms with Gasteiger partial charge in [0, 0.05) is 6.54 Å². The second-order valence-corrected chi connectivity index (χ2v) is 4.82. The van der Waals surface area contributed by atoms with Gasteiger partial charge < -0.3 is 15.2 Å². The summed E-state index contributed by atoms with van der Waals surface area (Å²) in [6.45, 7) is 5.78. The fourth-order valence-electron chi connectivity index (χ4n) is 1.48. The molecule has 0 heterocycles. The maximum absolute atomic E-state index is 13.6. The van der Waals surface area contributed by atoms with Crippen molar-refractivity contribution < 1.29 is 23.8 Å². The lowest BCUT2D eigenvalue weighted by atomic mass is 10.2. The number of amides is 1. The first-order chi connectivity index (χ1) is 9.32. The van der Waals surface area contributed by atoms with Crippen molar-refractivity contribution in [1.82, 2.24) is 5.32 Å². The molecule has 5 nitrogen and oxygen atoms in total. The summed E-state index contributed by atoms with van der Waals surface area (Å²) in [5, 5.41) is 11.6. The second-order valence-electron chi connectivity index (χ2n) is 4.82. The number of para-hydroxylation sites is 1. The van der Waals surface area contributed by atoms with Crippen LogP contribution in [0.4, 0.5) is 4.39 Å². The Morgan fingerprint density at radius 1 is 1.35 bits per heavy atom. The Labute approximate surface area is 116 Å². The minimum atomic E-state index is -1.31. The molecular formula is C14H18FNO4. The molecule has 0 radical (unpaired) electrons. The molecule has 6 heteroatoms. The molecule has 2 N–H and O–H groups in total. The highest BCUT2D eigenvalue weighted by atomic mass is 19.1. The molecule has 0 saturated carbocycles. The predicted molar refractivity (Wildman–Crippen MR) is 71.3 cm³/mol. The van der Waals surface area contributed by atoms with Gasteiger partial charge in [0.1, 0.15) is 5.56 Å². The zero-order valence-corrected chi connectivity index (χ0v) is 11.6. The van der Waals surface area contributed by atoms with Crippen molar-refractivity contribution in [3.63, 3.8) is 0 Å². The van der Waals surface area contributed by atoms with Gasteiger partial charge >= 0.3 is 5.97 Å². The third-order valence-corrected chi connectivity index (χ3v) is 2.55. The van der Waals surface area contributed by atoms with E-state index in [4.69, 9.17) is 9.84 Å². The first-order valence-electron chi connectivity index (χ1n) is 6.29. The van der Waals surface area contributed by atoms with Crippen molar-refractivity contribution in [2.45, 2.75) is 26.9 Å². The Balaban J connectivity index is 2.82. The Bertz CT molecular complexity index is 502. The van der Waals surface area contributed by atoms with Crippen molar-refractivity contribution >= 4 is 11.9 Å². The lowest BCUT2D eigenvalue weighted by Gasteiger charge is -2.17. The molecule has 110 valence electrons. The number of hydrogen-bond acceptors (Lipinski definition) is 3. The van der Waals surface area contributed by atoms with Crippen molar-refractivity contribution in [1.29, 1.82) is 0 Å². The summed E-state index contributed by atoms with van der Waals surface area (Å²) >= 11 is 0. The van der Waals surface area contributed by atoms with Crippen LogP contribution >= 0.6 is 0 Å². The van der Waals surface area contributed by atoms with Gasteiger partial charge in [0.15, 0.2) is 17.7 Å². The molecule has 20 heavy (non-hydrogen) atoms. The van der Waals surface area contributed by atoms with Gasteiger partial charge in [-0.25, -0.2) is 9.18 Å². The number of nitrogens with one attached hydrogen (secondary N) is 1. The normalized spacial score (nSPS) is 12.1. The predicted octanol–water partition coefficient (Wildman–Crippen LogP) is 2.06. The van der Waals surface area contributed by atoms with E-state index in [0.29, 0.717) is 6.54 Å². The third-order valence-electron chi connectivity index (χ3n) is 2.55. The quantitative estimate of drug-likeness (QED) is 0.838. The van der Waals surface area contributed by atoms with Gasteiger partial charge in [-0.1, -0.05) is 19.9 Å². The van der Waals surface area contributed by atoms with Gasteiger partial charge in [-0.15, -0.1) is 0 Å². The van der Waals surface area contributed by atoms with E-state index in [2.05, 4.69) is 5.32 Å². The number of hydrogen-bond donors (Lipinski definition) is 2. The van der Waals surface area contributed by atoms with Crippen LogP contribution < -0.4 is 10.1 Å². The third kappa shape index (κ3) is 4.22. The number of carboxylic acid groups (broad SMARTS) is 1. The topological polar surface area (TPSA) is 75.6 Å². The molecule has 0 aliphatic heterocycles. The van der Waals surface area contributed by atoms with Gasteiger partial charge in [-0.2, -0.15) is 0 Å². The number of carboxylic acids is 1. The van der Waals surface area contributed by atoms with E-state index in [1.807, 2.05) is 13.8 Å². The fourth-order valence-corrected chi connectivity index (χ4v) is 1.48. The van der Waals surface area contributed by atoms with Gasteiger partial charge in [0.25, 0.3) is 5.91 Å². The van der Waals surface area contributed by atoms with Crippen LogP contribution in [0.3, 0.4) is 0 Å². The highest BCUT2D eigenvalue weighted by Crippen LogP contribution is 2.23. The standard InChI is InChI=1S/C14H18FNO4/c1-8(2)7-16-13(17)9(3)20-12-10(14(18)19)5-4-6-11(12)15/h4-6,8-9H,7H2,1-3H3,(H,16,17)(H,18,19). The number of benzene rings is 1. The zero-order chi connectivity index (χ0) is 15.3. The molecule has 0 saturated heterocycles. The summed E-state index contributed by atoms with van der Waals surface area (Å²) in [5.74, 6) is -2.69. The smallest absolute Gasteiger partial charge is 0.339 e. The average Bonchev–Trinajstić information content (AvgIpc) is 2.37. The molecule has 0 aliphatic carbocycles.